The Morgan fingerprint density at radius 2 is 2.07 bits per heavy atom. The second kappa shape index (κ2) is 6.26. The number of benzene rings is 1. The van der Waals surface area contributed by atoms with Crippen LogP contribution in [0.3, 0.4) is 0 Å². The summed E-state index contributed by atoms with van der Waals surface area (Å²) in [5.74, 6) is 1.19. The zero-order valence-electron chi connectivity index (χ0n) is 16.2. The van der Waals surface area contributed by atoms with Crippen LogP contribution in [0.4, 0.5) is 0 Å². The van der Waals surface area contributed by atoms with E-state index >= 15 is 0 Å². The van der Waals surface area contributed by atoms with E-state index in [4.69, 9.17) is 9.26 Å². The number of hydrogen-bond acceptors (Lipinski definition) is 7. The number of carbonyl (C=O) groups is 1. The van der Waals surface area contributed by atoms with Gasteiger partial charge in [0.25, 0.3) is 5.56 Å². The van der Waals surface area contributed by atoms with Gasteiger partial charge in [-0.15, -0.1) is 0 Å². The molecule has 0 N–H and O–H groups in total. The van der Waals surface area contributed by atoms with Gasteiger partial charge in [0, 0.05) is 24.9 Å². The van der Waals surface area contributed by atoms with Gasteiger partial charge in [-0.2, -0.15) is 4.98 Å². The van der Waals surface area contributed by atoms with E-state index in [0.717, 1.165) is 18.4 Å². The van der Waals surface area contributed by atoms with E-state index in [0.29, 0.717) is 40.1 Å². The van der Waals surface area contributed by atoms with Gasteiger partial charge in [-0.3, -0.25) is 14.0 Å². The lowest BCUT2D eigenvalue weighted by atomic mass is 10.2. The minimum Gasteiger partial charge on any atom is -0.427 e. The monoisotopic (exact) mass is 393 g/mol. The van der Waals surface area contributed by atoms with Crippen LogP contribution in [-0.4, -0.2) is 30.1 Å². The van der Waals surface area contributed by atoms with Crippen LogP contribution in [0.25, 0.3) is 28.1 Å². The number of nitrogens with zero attached hydrogens (tertiary/aromatic N) is 5. The van der Waals surface area contributed by atoms with Crippen molar-refractivity contribution in [2.45, 2.75) is 45.6 Å². The number of carbonyl (C=O) groups excluding carboxylic acids is 1. The first-order chi connectivity index (χ1) is 13.9. The highest BCUT2D eigenvalue weighted by molar-refractivity contribution is 5.85. The van der Waals surface area contributed by atoms with Crippen molar-refractivity contribution >= 4 is 22.5 Å². The first kappa shape index (κ1) is 17.6. The van der Waals surface area contributed by atoms with Crippen molar-refractivity contribution in [3.05, 3.63) is 40.8 Å². The normalized spacial score (nSPS) is 14.2. The summed E-state index contributed by atoms with van der Waals surface area (Å²) in [6.45, 7) is 5.18. The highest BCUT2D eigenvalue weighted by atomic mass is 16.5. The molecule has 1 aromatic carbocycles. The van der Waals surface area contributed by atoms with Crippen molar-refractivity contribution in [2.75, 3.05) is 0 Å². The van der Waals surface area contributed by atoms with E-state index in [1.54, 1.807) is 33.5 Å². The van der Waals surface area contributed by atoms with Gasteiger partial charge in [-0.1, -0.05) is 5.16 Å². The third-order valence-corrected chi connectivity index (χ3v) is 5.01. The number of ether oxygens (including phenoxy) is 1. The standard InChI is InChI=1S/C20H19N5O4/c1-10(2)25-15-8-13(28-11(3)26)6-7-14(15)24-9-21-16(17(24)20(25)27)18-22-19(29-23-18)12-4-5-12/h6-10,12H,4-5H2,1-3H3. The molecule has 4 aromatic rings. The molecule has 1 saturated carbocycles. The number of esters is 1. The van der Waals surface area contributed by atoms with Crippen LogP contribution >= 0.6 is 0 Å². The Morgan fingerprint density at radius 3 is 2.76 bits per heavy atom. The molecule has 3 aromatic heterocycles. The van der Waals surface area contributed by atoms with E-state index < -0.39 is 5.97 Å². The molecule has 0 unspecified atom stereocenters. The summed E-state index contributed by atoms with van der Waals surface area (Å²) in [6.07, 6.45) is 3.67. The summed E-state index contributed by atoms with van der Waals surface area (Å²) in [5.41, 5.74) is 1.96. The molecule has 1 aliphatic rings. The molecule has 0 bridgehead atoms. The van der Waals surface area contributed by atoms with E-state index in [2.05, 4.69) is 15.1 Å². The predicted octanol–water partition coefficient (Wildman–Crippen LogP) is 3.08. The Hall–Kier alpha value is -3.49. The average Bonchev–Trinajstić information content (AvgIpc) is 3.22. The summed E-state index contributed by atoms with van der Waals surface area (Å²) in [4.78, 5) is 33.6. The van der Waals surface area contributed by atoms with Crippen molar-refractivity contribution in [3.63, 3.8) is 0 Å². The molecule has 1 aliphatic carbocycles. The minimum atomic E-state index is -0.419. The van der Waals surface area contributed by atoms with Gasteiger partial charge in [0.15, 0.2) is 0 Å². The molecule has 9 nitrogen and oxygen atoms in total. The van der Waals surface area contributed by atoms with Crippen LogP contribution in [0.5, 0.6) is 5.75 Å². The third kappa shape index (κ3) is 2.81. The lowest BCUT2D eigenvalue weighted by Gasteiger charge is -2.16. The smallest absolute Gasteiger partial charge is 0.308 e. The number of fused-ring (bicyclic) bond motifs is 3. The topological polar surface area (TPSA) is 105 Å². The quantitative estimate of drug-likeness (QED) is 0.387. The first-order valence-electron chi connectivity index (χ1n) is 9.51. The van der Waals surface area contributed by atoms with Gasteiger partial charge in [-0.25, -0.2) is 4.98 Å². The van der Waals surface area contributed by atoms with Gasteiger partial charge in [0.05, 0.1) is 11.0 Å². The fourth-order valence-electron chi connectivity index (χ4n) is 3.59. The van der Waals surface area contributed by atoms with Crippen LogP contribution in [0.2, 0.25) is 0 Å². The summed E-state index contributed by atoms with van der Waals surface area (Å²) >= 11 is 0. The Kier molecular flexibility index (Phi) is 3.80. The number of rotatable bonds is 4. The van der Waals surface area contributed by atoms with Gasteiger partial charge in [-0.05, 0) is 38.8 Å². The molecule has 5 rings (SSSR count). The molecular formula is C20H19N5O4. The van der Waals surface area contributed by atoms with Crippen molar-refractivity contribution < 1.29 is 14.1 Å². The zero-order valence-corrected chi connectivity index (χ0v) is 16.2. The maximum atomic E-state index is 13.4. The van der Waals surface area contributed by atoms with Gasteiger partial charge in [0.2, 0.25) is 11.7 Å². The van der Waals surface area contributed by atoms with Crippen LogP contribution in [0, 0.1) is 0 Å². The summed E-state index contributed by atoms with van der Waals surface area (Å²) in [7, 11) is 0. The van der Waals surface area contributed by atoms with E-state index in [1.165, 1.54) is 6.92 Å². The van der Waals surface area contributed by atoms with E-state index in [9.17, 15) is 9.59 Å². The number of aromatic nitrogens is 5. The molecule has 0 radical (unpaired) electrons. The van der Waals surface area contributed by atoms with Crippen molar-refractivity contribution in [3.8, 4) is 17.3 Å². The molecular weight excluding hydrogens is 374 g/mol. The highest BCUT2D eigenvalue weighted by Crippen LogP contribution is 2.39. The largest absolute Gasteiger partial charge is 0.427 e. The molecule has 0 amide bonds. The maximum absolute atomic E-state index is 13.4. The molecule has 0 saturated heterocycles. The molecule has 1 fully saturated rings. The third-order valence-electron chi connectivity index (χ3n) is 5.01. The Labute approximate surface area is 164 Å². The Morgan fingerprint density at radius 1 is 1.28 bits per heavy atom. The second-order valence-corrected chi connectivity index (χ2v) is 7.56. The van der Waals surface area contributed by atoms with Crippen LogP contribution in [0.1, 0.15) is 51.5 Å². The van der Waals surface area contributed by atoms with E-state index in [1.807, 2.05) is 13.8 Å². The van der Waals surface area contributed by atoms with Crippen molar-refractivity contribution in [2.24, 2.45) is 0 Å². The maximum Gasteiger partial charge on any atom is 0.308 e. The SMILES string of the molecule is CC(=O)Oc1ccc2c(c1)n(C(C)C)c(=O)c1c(-c3noc(C4CC4)n3)ncn12. The molecule has 0 atom stereocenters. The summed E-state index contributed by atoms with van der Waals surface area (Å²) in [6, 6.07) is 5.06. The number of imidazole rings is 1. The fourth-order valence-corrected chi connectivity index (χ4v) is 3.59. The molecule has 148 valence electrons. The lowest BCUT2D eigenvalue weighted by molar-refractivity contribution is -0.131. The Balaban J connectivity index is 1.78. The Bertz CT molecular complexity index is 1330. The molecule has 9 heteroatoms. The second-order valence-electron chi connectivity index (χ2n) is 7.56. The van der Waals surface area contributed by atoms with Crippen molar-refractivity contribution in [1.82, 2.24) is 24.1 Å². The minimum absolute atomic E-state index is 0.127. The van der Waals surface area contributed by atoms with Gasteiger partial charge < -0.3 is 13.8 Å². The van der Waals surface area contributed by atoms with Gasteiger partial charge >= 0.3 is 5.97 Å². The molecule has 0 spiro atoms. The molecule has 29 heavy (non-hydrogen) atoms. The molecule has 3 heterocycles. The fraction of sp³-hybridized carbons (Fsp3) is 0.350. The highest BCUT2D eigenvalue weighted by Gasteiger charge is 2.31. The zero-order chi connectivity index (χ0) is 20.3. The summed E-state index contributed by atoms with van der Waals surface area (Å²) in [5, 5.41) is 4.04. The van der Waals surface area contributed by atoms with E-state index in [-0.39, 0.29) is 11.6 Å². The lowest BCUT2D eigenvalue weighted by Crippen LogP contribution is -2.24. The van der Waals surface area contributed by atoms with Gasteiger partial charge in [0.1, 0.15) is 23.3 Å². The van der Waals surface area contributed by atoms with Crippen molar-refractivity contribution in [1.29, 1.82) is 0 Å². The first-order valence-corrected chi connectivity index (χ1v) is 9.51. The van der Waals surface area contributed by atoms with Crippen LogP contribution in [-0.2, 0) is 4.79 Å². The van der Waals surface area contributed by atoms with Crippen LogP contribution in [0.15, 0.2) is 33.8 Å². The average molecular weight is 393 g/mol. The summed E-state index contributed by atoms with van der Waals surface area (Å²) < 4.78 is 13.9. The van der Waals surface area contributed by atoms with Crippen LogP contribution < -0.4 is 10.3 Å². The molecule has 0 aliphatic heterocycles. The number of hydrogen-bond donors (Lipinski definition) is 0. The predicted molar refractivity (Wildman–Crippen MR) is 104 cm³/mol.